The van der Waals surface area contributed by atoms with E-state index in [2.05, 4.69) is 5.43 Å². The van der Waals surface area contributed by atoms with Crippen LogP contribution < -0.4 is 11.3 Å². The van der Waals surface area contributed by atoms with Gasteiger partial charge in [0.05, 0.1) is 5.60 Å². The molecule has 0 saturated heterocycles. The molecule has 0 aliphatic carbocycles. The number of hydrazine groups is 1. The van der Waals surface area contributed by atoms with Crippen molar-refractivity contribution in [3.8, 4) is 0 Å². The van der Waals surface area contributed by atoms with Gasteiger partial charge in [0.25, 0.3) is 0 Å². The molecule has 1 atom stereocenters. The van der Waals surface area contributed by atoms with Gasteiger partial charge in [-0.15, -0.1) is 0 Å². The molecule has 3 nitrogen and oxygen atoms in total. The Morgan fingerprint density at radius 3 is 2.06 bits per heavy atom. The van der Waals surface area contributed by atoms with Crippen molar-refractivity contribution in [2.24, 2.45) is 5.84 Å². The van der Waals surface area contributed by atoms with Crippen molar-refractivity contribution in [1.82, 2.24) is 5.43 Å². The SMILES string of the molecule is COC(C)(C)CCC(CCC(F)(F)F)NN. The van der Waals surface area contributed by atoms with Gasteiger partial charge < -0.3 is 4.74 Å². The highest BCUT2D eigenvalue weighted by atomic mass is 19.4. The molecule has 0 aromatic heterocycles. The normalized spacial score (nSPS) is 15.2. The summed E-state index contributed by atoms with van der Waals surface area (Å²) in [6.45, 7) is 3.79. The van der Waals surface area contributed by atoms with Gasteiger partial charge in [-0.05, 0) is 33.1 Å². The third-order valence-corrected chi connectivity index (χ3v) is 2.66. The molecule has 0 radical (unpaired) electrons. The van der Waals surface area contributed by atoms with E-state index in [1.807, 2.05) is 13.8 Å². The number of nitrogens with one attached hydrogen (secondary N) is 1. The van der Waals surface area contributed by atoms with Crippen molar-refractivity contribution in [2.75, 3.05) is 7.11 Å². The second-order valence-electron chi connectivity index (χ2n) is 4.52. The number of alkyl halides is 3. The quantitative estimate of drug-likeness (QED) is 0.532. The number of rotatable bonds is 7. The zero-order chi connectivity index (χ0) is 12.8. The molecule has 1 unspecified atom stereocenters. The molecule has 98 valence electrons. The van der Waals surface area contributed by atoms with E-state index in [4.69, 9.17) is 10.6 Å². The van der Waals surface area contributed by atoms with Crippen molar-refractivity contribution in [3.05, 3.63) is 0 Å². The first-order valence-electron chi connectivity index (χ1n) is 5.28. The number of methoxy groups -OCH3 is 1. The predicted molar refractivity (Wildman–Crippen MR) is 56.7 cm³/mol. The van der Waals surface area contributed by atoms with Gasteiger partial charge in [-0.3, -0.25) is 11.3 Å². The summed E-state index contributed by atoms with van der Waals surface area (Å²) in [5.74, 6) is 5.21. The van der Waals surface area contributed by atoms with Crippen LogP contribution in [-0.2, 0) is 4.74 Å². The highest BCUT2D eigenvalue weighted by molar-refractivity contribution is 4.74. The van der Waals surface area contributed by atoms with Gasteiger partial charge >= 0.3 is 6.18 Å². The Bertz CT molecular complexity index is 195. The van der Waals surface area contributed by atoms with Gasteiger partial charge in [0, 0.05) is 19.6 Å². The van der Waals surface area contributed by atoms with E-state index < -0.39 is 12.6 Å². The molecule has 0 fully saturated rings. The largest absolute Gasteiger partial charge is 0.389 e. The molecule has 0 aliphatic rings. The molecule has 0 amide bonds. The minimum absolute atomic E-state index is 0.000204. The third kappa shape index (κ3) is 7.90. The standard InChI is InChI=1S/C10H21F3N2O/c1-9(2,16-3)6-4-8(15-14)5-7-10(11,12)13/h8,15H,4-7,14H2,1-3H3. The lowest BCUT2D eigenvalue weighted by Gasteiger charge is -2.25. The monoisotopic (exact) mass is 242 g/mol. The molecule has 16 heavy (non-hydrogen) atoms. The average Bonchev–Trinajstić information content (AvgIpc) is 2.16. The van der Waals surface area contributed by atoms with E-state index in [0.717, 1.165) is 0 Å². The number of nitrogens with two attached hydrogens (primary N) is 1. The van der Waals surface area contributed by atoms with Gasteiger partial charge in [-0.2, -0.15) is 13.2 Å². The average molecular weight is 242 g/mol. The number of halogens is 3. The first kappa shape index (κ1) is 15.7. The van der Waals surface area contributed by atoms with Gasteiger partial charge in [0.15, 0.2) is 0 Å². The maximum atomic E-state index is 12.0. The van der Waals surface area contributed by atoms with E-state index in [1.54, 1.807) is 7.11 Å². The van der Waals surface area contributed by atoms with Crippen LogP contribution in [0.1, 0.15) is 39.5 Å². The van der Waals surface area contributed by atoms with Crippen molar-refractivity contribution >= 4 is 0 Å². The van der Waals surface area contributed by atoms with E-state index >= 15 is 0 Å². The van der Waals surface area contributed by atoms with Crippen molar-refractivity contribution in [2.45, 2.75) is 57.3 Å². The molecular formula is C10H21F3N2O. The number of hydrogen-bond acceptors (Lipinski definition) is 3. The Hall–Kier alpha value is -0.330. The minimum Gasteiger partial charge on any atom is -0.379 e. The molecule has 0 aromatic carbocycles. The van der Waals surface area contributed by atoms with Crippen molar-refractivity contribution in [3.63, 3.8) is 0 Å². The summed E-state index contributed by atoms with van der Waals surface area (Å²) in [5, 5.41) is 0. The molecule has 0 heterocycles. The van der Waals surface area contributed by atoms with Crippen molar-refractivity contribution in [1.29, 1.82) is 0 Å². The fraction of sp³-hybridized carbons (Fsp3) is 1.00. The second-order valence-corrected chi connectivity index (χ2v) is 4.52. The smallest absolute Gasteiger partial charge is 0.379 e. The lowest BCUT2D eigenvalue weighted by atomic mass is 9.97. The Kier molecular flexibility index (Phi) is 6.28. The van der Waals surface area contributed by atoms with Crippen LogP contribution in [0.5, 0.6) is 0 Å². The van der Waals surface area contributed by atoms with Gasteiger partial charge in [0.1, 0.15) is 0 Å². The van der Waals surface area contributed by atoms with Crippen LogP contribution in [0.25, 0.3) is 0 Å². The van der Waals surface area contributed by atoms with Crippen LogP contribution in [0.2, 0.25) is 0 Å². The summed E-state index contributed by atoms with van der Waals surface area (Å²) in [5.41, 5.74) is 2.09. The molecule has 0 rings (SSSR count). The summed E-state index contributed by atoms with van der Waals surface area (Å²) >= 11 is 0. The highest BCUT2D eigenvalue weighted by Gasteiger charge is 2.28. The van der Waals surface area contributed by atoms with Crippen LogP contribution in [-0.4, -0.2) is 24.9 Å². The van der Waals surface area contributed by atoms with Gasteiger partial charge in [-0.1, -0.05) is 0 Å². The summed E-state index contributed by atoms with van der Waals surface area (Å²) in [6.07, 6.45) is -3.70. The molecule has 6 heteroatoms. The molecule has 0 bridgehead atoms. The van der Waals surface area contributed by atoms with E-state index in [1.165, 1.54) is 0 Å². The maximum Gasteiger partial charge on any atom is 0.389 e. The Morgan fingerprint density at radius 1 is 1.19 bits per heavy atom. The van der Waals surface area contributed by atoms with Crippen molar-refractivity contribution < 1.29 is 17.9 Å². The van der Waals surface area contributed by atoms with E-state index in [0.29, 0.717) is 12.8 Å². The predicted octanol–water partition coefficient (Wildman–Crippen LogP) is 2.37. The lowest BCUT2D eigenvalue weighted by Crippen LogP contribution is -2.37. The fourth-order valence-corrected chi connectivity index (χ4v) is 1.27. The molecule has 3 N–H and O–H groups in total. The van der Waals surface area contributed by atoms with E-state index in [-0.39, 0.29) is 18.1 Å². The fourth-order valence-electron chi connectivity index (χ4n) is 1.27. The first-order chi connectivity index (χ1) is 7.20. The molecule has 0 spiro atoms. The molecule has 0 saturated carbocycles. The van der Waals surface area contributed by atoms with Crippen LogP contribution in [0, 0.1) is 0 Å². The van der Waals surface area contributed by atoms with E-state index in [9.17, 15) is 13.2 Å². The highest BCUT2D eigenvalue weighted by Crippen LogP contribution is 2.24. The zero-order valence-electron chi connectivity index (χ0n) is 10.0. The van der Waals surface area contributed by atoms with Crippen LogP contribution in [0.3, 0.4) is 0 Å². The van der Waals surface area contributed by atoms with Crippen LogP contribution >= 0.6 is 0 Å². The minimum atomic E-state index is -4.12. The number of ether oxygens (including phenoxy) is 1. The Labute approximate surface area is 94.5 Å². The van der Waals surface area contributed by atoms with Crippen LogP contribution in [0.15, 0.2) is 0 Å². The van der Waals surface area contributed by atoms with Gasteiger partial charge in [0.2, 0.25) is 0 Å². The summed E-state index contributed by atoms with van der Waals surface area (Å²) in [6, 6.07) is -0.323. The zero-order valence-corrected chi connectivity index (χ0v) is 10.0. The van der Waals surface area contributed by atoms with Gasteiger partial charge in [-0.25, -0.2) is 0 Å². The molecule has 0 aromatic rings. The molecular weight excluding hydrogens is 221 g/mol. The third-order valence-electron chi connectivity index (χ3n) is 2.66. The summed E-state index contributed by atoms with van der Waals surface area (Å²) in [4.78, 5) is 0. The lowest BCUT2D eigenvalue weighted by molar-refractivity contribution is -0.136. The van der Waals surface area contributed by atoms with Crippen LogP contribution in [0.4, 0.5) is 13.2 Å². The molecule has 0 aliphatic heterocycles. The maximum absolute atomic E-state index is 12.0. The summed E-state index contributed by atoms with van der Waals surface area (Å²) < 4.78 is 41.2. The second kappa shape index (κ2) is 6.42. The topological polar surface area (TPSA) is 47.3 Å². The summed E-state index contributed by atoms with van der Waals surface area (Å²) in [7, 11) is 1.58. The first-order valence-corrected chi connectivity index (χ1v) is 5.28. The Balaban J connectivity index is 3.93. The number of hydrogen-bond donors (Lipinski definition) is 2. The Morgan fingerprint density at radius 2 is 1.69 bits per heavy atom.